The quantitative estimate of drug-likeness (QED) is 0.706. The van der Waals surface area contributed by atoms with Crippen LogP contribution in [0.1, 0.15) is 13.3 Å². The summed E-state index contributed by atoms with van der Waals surface area (Å²) < 4.78 is 25.8. The van der Waals surface area contributed by atoms with E-state index in [-0.39, 0.29) is 22.2 Å². The van der Waals surface area contributed by atoms with Crippen molar-refractivity contribution in [3.8, 4) is 0 Å². The van der Waals surface area contributed by atoms with Crippen molar-refractivity contribution in [2.24, 2.45) is 0 Å². The van der Waals surface area contributed by atoms with Gasteiger partial charge in [-0.1, -0.05) is 53.9 Å². The van der Waals surface area contributed by atoms with E-state index in [2.05, 4.69) is 5.32 Å². The fourth-order valence-corrected chi connectivity index (χ4v) is 4.14. The Balaban J connectivity index is 2.43. The zero-order valence-corrected chi connectivity index (χ0v) is 17.1. The summed E-state index contributed by atoms with van der Waals surface area (Å²) in [6, 6.07) is 10.1. The van der Waals surface area contributed by atoms with Crippen LogP contribution in [0.5, 0.6) is 0 Å². The number of nitrogens with one attached hydrogen (secondary N) is 1. The molecular weight excluding hydrogens is 419 g/mol. The topological polar surface area (TPSA) is 66.5 Å². The lowest BCUT2D eigenvalue weighted by Crippen LogP contribution is -2.47. The number of carbonyl (C=O) groups excluding carboxylic acids is 1. The molecule has 1 amide bonds. The summed E-state index contributed by atoms with van der Waals surface area (Å²) in [6.45, 7) is 1.71. The largest absolute Gasteiger partial charge is 0.323 e. The van der Waals surface area contributed by atoms with Gasteiger partial charge in [0.2, 0.25) is 15.9 Å². The van der Waals surface area contributed by atoms with Gasteiger partial charge in [-0.05, 0) is 36.8 Å². The number of amides is 1. The molecule has 0 aliphatic heterocycles. The lowest BCUT2D eigenvalue weighted by atomic mass is 10.2. The lowest BCUT2D eigenvalue weighted by Gasteiger charge is -2.30. The average molecular weight is 436 g/mol. The molecule has 140 valence electrons. The Morgan fingerprint density at radius 3 is 2.27 bits per heavy atom. The van der Waals surface area contributed by atoms with Crippen LogP contribution in [0, 0.1) is 0 Å². The molecule has 0 heterocycles. The van der Waals surface area contributed by atoms with Crippen molar-refractivity contribution in [3.05, 3.63) is 57.5 Å². The Labute approximate surface area is 167 Å². The molecule has 1 atom stereocenters. The summed E-state index contributed by atoms with van der Waals surface area (Å²) in [5.74, 6) is -0.503. The smallest absolute Gasteiger partial charge is 0.248 e. The van der Waals surface area contributed by atoms with Crippen molar-refractivity contribution in [1.82, 2.24) is 0 Å². The summed E-state index contributed by atoms with van der Waals surface area (Å²) in [6.07, 6.45) is 1.27. The maximum Gasteiger partial charge on any atom is 0.248 e. The maximum atomic E-state index is 12.8. The molecule has 0 aliphatic carbocycles. The van der Waals surface area contributed by atoms with Gasteiger partial charge in [-0.25, -0.2) is 8.42 Å². The molecule has 0 aliphatic rings. The van der Waals surface area contributed by atoms with Crippen LogP contribution in [0.2, 0.25) is 15.1 Å². The molecule has 9 heteroatoms. The van der Waals surface area contributed by atoms with E-state index < -0.39 is 22.0 Å². The summed E-state index contributed by atoms with van der Waals surface area (Å²) in [5.41, 5.74) is 0.656. The molecule has 0 fully saturated rings. The minimum absolute atomic E-state index is 0.194. The number of hydrogen-bond donors (Lipinski definition) is 1. The van der Waals surface area contributed by atoms with Crippen molar-refractivity contribution in [2.75, 3.05) is 15.9 Å². The van der Waals surface area contributed by atoms with E-state index in [4.69, 9.17) is 34.8 Å². The van der Waals surface area contributed by atoms with Crippen molar-refractivity contribution >= 4 is 62.1 Å². The van der Waals surface area contributed by atoms with Crippen LogP contribution in [-0.2, 0) is 14.8 Å². The van der Waals surface area contributed by atoms with Gasteiger partial charge >= 0.3 is 0 Å². The molecule has 0 aromatic heterocycles. The number of benzene rings is 2. The molecule has 0 spiro atoms. The molecule has 5 nitrogen and oxygen atoms in total. The molecule has 2 aromatic rings. The van der Waals surface area contributed by atoms with Gasteiger partial charge in [-0.15, -0.1) is 0 Å². The van der Waals surface area contributed by atoms with Gasteiger partial charge in [-0.3, -0.25) is 9.10 Å². The third-order valence-corrected chi connectivity index (χ3v) is 5.87. The number of para-hydroxylation sites is 1. The fraction of sp³-hybridized carbons (Fsp3) is 0.235. The van der Waals surface area contributed by atoms with Crippen LogP contribution < -0.4 is 9.62 Å². The number of nitrogens with zero attached hydrogens (tertiary/aromatic N) is 1. The highest BCUT2D eigenvalue weighted by Crippen LogP contribution is 2.31. The molecule has 0 radical (unpaired) electrons. The molecule has 0 saturated carbocycles. The van der Waals surface area contributed by atoms with Gasteiger partial charge in [0.25, 0.3) is 0 Å². The van der Waals surface area contributed by atoms with Gasteiger partial charge in [0.15, 0.2) is 0 Å². The highest BCUT2D eigenvalue weighted by Gasteiger charge is 2.32. The van der Waals surface area contributed by atoms with Crippen molar-refractivity contribution < 1.29 is 13.2 Å². The summed E-state index contributed by atoms with van der Waals surface area (Å²) in [7, 11) is -3.77. The molecule has 0 bridgehead atoms. The van der Waals surface area contributed by atoms with Crippen molar-refractivity contribution in [3.63, 3.8) is 0 Å². The number of sulfonamides is 1. The molecule has 0 saturated heterocycles. The number of rotatable bonds is 6. The minimum Gasteiger partial charge on any atom is -0.323 e. The number of hydrogen-bond acceptors (Lipinski definition) is 3. The van der Waals surface area contributed by atoms with Crippen LogP contribution in [0.3, 0.4) is 0 Å². The lowest BCUT2D eigenvalue weighted by molar-refractivity contribution is -0.117. The Hall–Kier alpha value is -1.47. The Bertz CT molecular complexity index is 919. The first kappa shape index (κ1) is 20.8. The molecule has 2 aromatic carbocycles. The second kappa shape index (κ2) is 8.48. The number of anilines is 2. The number of carbonyl (C=O) groups is 1. The predicted octanol–water partition coefficient (Wildman–Crippen LogP) is 4.83. The highest BCUT2D eigenvalue weighted by atomic mass is 35.5. The first-order valence-corrected chi connectivity index (χ1v) is 10.6. The van der Waals surface area contributed by atoms with Crippen molar-refractivity contribution in [1.29, 1.82) is 0 Å². The monoisotopic (exact) mass is 434 g/mol. The van der Waals surface area contributed by atoms with E-state index in [1.165, 1.54) is 18.2 Å². The normalized spacial score (nSPS) is 12.5. The third kappa shape index (κ3) is 4.82. The van der Waals surface area contributed by atoms with Gasteiger partial charge in [-0.2, -0.15) is 0 Å². The van der Waals surface area contributed by atoms with E-state index in [9.17, 15) is 13.2 Å². The third-order valence-electron chi connectivity index (χ3n) is 3.62. The Morgan fingerprint density at radius 1 is 1.08 bits per heavy atom. The average Bonchev–Trinajstić information content (AvgIpc) is 2.56. The van der Waals surface area contributed by atoms with E-state index in [0.717, 1.165) is 10.6 Å². The van der Waals surface area contributed by atoms with Crippen LogP contribution in [0.15, 0.2) is 42.5 Å². The zero-order valence-electron chi connectivity index (χ0n) is 14.0. The molecular formula is C17H17Cl3N2O3S. The van der Waals surface area contributed by atoms with Crippen molar-refractivity contribution in [2.45, 2.75) is 19.4 Å². The fourth-order valence-electron chi connectivity index (χ4n) is 2.46. The van der Waals surface area contributed by atoms with Gasteiger partial charge < -0.3 is 5.32 Å². The summed E-state index contributed by atoms with van der Waals surface area (Å²) in [5, 5.41) is 3.51. The summed E-state index contributed by atoms with van der Waals surface area (Å²) in [4.78, 5) is 12.8. The van der Waals surface area contributed by atoms with Gasteiger partial charge in [0.05, 0.1) is 32.7 Å². The van der Waals surface area contributed by atoms with Crippen LogP contribution in [-0.4, -0.2) is 26.6 Å². The minimum atomic E-state index is -3.77. The van der Waals surface area contributed by atoms with E-state index >= 15 is 0 Å². The second-order valence-electron chi connectivity index (χ2n) is 5.55. The standard InChI is InChI=1S/C17H17Cl3N2O3S/c1-3-16(17(23)21-15-7-5-4-6-13(15)19)22(26(2,24)25)11-8-9-12(18)14(20)10-11/h4-10,16H,3H2,1-2H3,(H,21,23). The summed E-state index contributed by atoms with van der Waals surface area (Å²) >= 11 is 18.0. The van der Waals surface area contributed by atoms with Crippen LogP contribution >= 0.6 is 34.8 Å². The van der Waals surface area contributed by atoms with E-state index in [1.54, 1.807) is 31.2 Å². The Morgan fingerprint density at radius 2 is 1.73 bits per heavy atom. The van der Waals surface area contributed by atoms with Crippen LogP contribution in [0.25, 0.3) is 0 Å². The first-order valence-electron chi connectivity index (χ1n) is 7.65. The molecule has 1 N–H and O–H groups in total. The highest BCUT2D eigenvalue weighted by molar-refractivity contribution is 7.92. The Kier molecular flexibility index (Phi) is 6.80. The predicted molar refractivity (Wildman–Crippen MR) is 108 cm³/mol. The molecule has 1 unspecified atom stereocenters. The second-order valence-corrected chi connectivity index (χ2v) is 8.63. The molecule has 26 heavy (non-hydrogen) atoms. The van der Waals surface area contributed by atoms with Crippen LogP contribution in [0.4, 0.5) is 11.4 Å². The zero-order chi connectivity index (χ0) is 19.5. The molecule has 2 rings (SSSR count). The number of halogens is 3. The SMILES string of the molecule is CCC(C(=O)Nc1ccccc1Cl)N(c1ccc(Cl)c(Cl)c1)S(C)(=O)=O. The van der Waals surface area contributed by atoms with E-state index in [0.29, 0.717) is 10.7 Å². The first-order chi connectivity index (χ1) is 12.1. The van der Waals surface area contributed by atoms with E-state index in [1.807, 2.05) is 0 Å². The van der Waals surface area contributed by atoms with Gasteiger partial charge in [0.1, 0.15) is 6.04 Å². The maximum absolute atomic E-state index is 12.8. The van der Waals surface area contributed by atoms with Gasteiger partial charge in [0, 0.05) is 0 Å².